The number of nitrogens with one attached hydrogen (secondary N) is 1. The molecule has 2 atom stereocenters. The number of carboxylic acid groups (broad SMARTS) is 1. The minimum atomic E-state index is -4.24. The van der Waals surface area contributed by atoms with Gasteiger partial charge in [-0.2, -0.15) is 0 Å². The van der Waals surface area contributed by atoms with Crippen molar-refractivity contribution in [1.29, 1.82) is 0 Å². The first-order valence-corrected chi connectivity index (χ1v) is 13.1. The van der Waals surface area contributed by atoms with Crippen LogP contribution in [-0.4, -0.2) is 61.8 Å². The molecule has 0 bridgehead atoms. The highest BCUT2D eigenvalue weighted by atomic mass is 32.2. The van der Waals surface area contributed by atoms with Crippen molar-refractivity contribution in [3.63, 3.8) is 0 Å². The number of sulfonamides is 1. The zero-order valence-corrected chi connectivity index (χ0v) is 19.8. The SMILES string of the molecule is O=C(O)c1c(NS(=O)(=O)c2ccc(F)cc2C=CCN2CCC(O)CC2)ccc2c1OC[C@@H]1C[C@H]21. The number of hydrogen-bond acceptors (Lipinski definition) is 6. The average Bonchev–Trinajstić information content (AvgIpc) is 3.60. The number of ether oxygens (including phenoxy) is 1. The summed E-state index contributed by atoms with van der Waals surface area (Å²) in [6.07, 6.45) is 5.29. The molecule has 1 saturated heterocycles. The summed E-state index contributed by atoms with van der Waals surface area (Å²) >= 11 is 0. The highest BCUT2D eigenvalue weighted by Gasteiger charge is 2.45. The van der Waals surface area contributed by atoms with Crippen molar-refractivity contribution in [3.05, 3.63) is 58.9 Å². The van der Waals surface area contributed by atoms with E-state index in [2.05, 4.69) is 9.62 Å². The highest BCUT2D eigenvalue weighted by molar-refractivity contribution is 7.92. The zero-order chi connectivity index (χ0) is 24.7. The van der Waals surface area contributed by atoms with E-state index >= 15 is 0 Å². The van der Waals surface area contributed by atoms with Crippen LogP contribution in [0.25, 0.3) is 6.08 Å². The molecule has 35 heavy (non-hydrogen) atoms. The van der Waals surface area contributed by atoms with E-state index in [-0.39, 0.29) is 39.5 Å². The van der Waals surface area contributed by atoms with Gasteiger partial charge in [-0.1, -0.05) is 18.2 Å². The van der Waals surface area contributed by atoms with Crippen molar-refractivity contribution in [3.8, 4) is 5.75 Å². The van der Waals surface area contributed by atoms with Gasteiger partial charge in [-0.15, -0.1) is 0 Å². The zero-order valence-electron chi connectivity index (χ0n) is 19.0. The van der Waals surface area contributed by atoms with Gasteiger partial charge in [-0.05, 0) is 60.6 Å². The number of aliphatic hydroxyl groups is 1. The van der Waals surface area contributed by atoms with Gasteiger partial charge in [-0.25, -0.2) is 17.6 Å². The molecule has 0 aromatic heterocycles. The molecular weight excluding hydrogens is 475 g/mol. The number of nitrogens with zero attached hydrogens (tertiary/aromatic N) is 1. The van der Waals surface area contributed by atoms with Gasteiger partial charge >= 0.3 is 5.97 Å². The number of anilines is 1. The number of carbonyl (C=O) groups is 1. The molecule has 1 saturated carbocycles. The third kappa shape index (κ3) is 4.91. The first-order chi connectivity index (χ1) is 16.7. The fourth-order valence-corrected chi connectivity index (χ4v) is 6.13. The highest BCUT2D eigenvalue weighted by Crippen LogP contribution is 2.55. The lowest BCUT2D eigenvalue weighted by atomic mass is 10.0. The topological polar surface area (TPSA) is 116 Å². The Kier molecular flexibility index (Phi) is 6.29. The molecule has 0 spiro atoms. The normalized spacial score (nSPS) is 22.3. The molecule has 5 rings (SSSR count). The lowest BCUT2D eigenvalue weighted by Crippen LogP contribution is -2.35. The predicted octanol–water partition coefficient (Wildman–Crippen LogP) is 3.29. The molecule has 0 amide bonds. The predicted molar refractivity (Wildman–Crippen MR) is 128 cm³/mol. The molecule has 0 unspecified atom stereocenters. The molecule has 8 nitrogen and oxygen atoms in total. The fraction of sp³-hybridized carbons (Fsp3) is 0.400. The summed E-state index contributed by atoms with van der Waals surface area (Å²) in [6.45, 7) is 2.39. The number of hydrogen-bond donors (Lipinski definition) is 3. The molecule has 186 valence electrons. The average molecular weight is 503 g/mol. The fourth-order valence-electron chi connectivity index (χ4n) is 4.87. The van der Waals surface area contributed by atoms with Crippen LogP contribution >= 0.6 is 0 Å². The third-order valence-corrected chi connectivity index (χ3v) is 8.33. The monoisotopic (exact) mass is 502 g/mol. The molecule has 0 radical (unpaired) electrons. The van der Waals surface area contributed by atoms with Gasteiger partial charge < -0.3 is 14.9 Å². The van der Waals surface area contributed by atoms with Crippen LogP contribution in [-0.2, 0) is 10.0 Å². The number of piperidine rings is 1. The molecule has 2 aliphatic heterocycles. The number of likely N-dealkylation sites (tertiary alicyclic amines) is 1. The van der Waals surface area contributed by atoms with Gasteiger partial charge in [0.1, 0.15) is 17.1 Å². The van der Waals surface area contributed by atoms with E-state index in [4.69, 9.17) is 4.74 Å². The molecule has 1 aliphatic carbocycles. The first kappa shape index (κ1) is 23.8. The minimum absolute atomic E-state index is 0.0959. The number of halogens is 1. The Labute approximate surface area is 203 Å². The van der Waals surface area contributed by atoms with Crippen molar-refractivity contribution in [1.82, 2.24) is 4.90 Å². The Bertz CT molecular complexity index is 1290. The van der Waals surface area contributed by atoms with E-state index < -0.39 is 21.8 Å². The Morgan fingerprint density at radius 1 is 1.23 bits per heavy atom. The molecule has 2 heterocycles. The maximum atomic E-state index is 14.0. The van der Waals surface area contributed by atoms with Gasteiger partial charge in [0.2, 0.25) is 0 Å². The summed E-state index contributed by atoms with van der Waals surface area (Å²) in [4.78, 5) is 14.0. The van der Waals surface area contributed by atoms with Crippen LogP contribution < -0.4 is 9.46 Å². The summed E-state index contributed by atoms with van der Waals surface area (Å²) in [5.74, 6) is -1.03. The number of rotatable bonds is 7. The second kappa shape index (κ2) is 9.25. The van der Waals surface area contributed by atoms with Gasteiger partial charge in [0.15, 0.2) is 0 Å². The summed E-state index contributed by atoms with van der Waals surface area (Å²) in [6, 6.07) is 6.52. The second-order valence-electron chi connectivity index (χ2n) is 9.35. The summed E-state index contributed by atoms with van der Waals surface area (Å²) < 4.78 is 48.7. The van der Waals surface area contributed by atoms with Crippen molar-refractivity contribution in [2.45, 2.75) is 36.2 Å². The Morgan fingerprint density at radius 2 is 2.00 bits per heavy atom. The lowest BCUT2D eigenvalue weighted by molar-refractivity contribution is 0.0692. The van der Waals surface area contributed by atoms with E-state index in [1.807, 2.05) is 0 Å². The van der Waals surface area contributed by atoms with Crippen LogP contribution in [0.15, 0.2) is 41.3 Å². The number of carboxylic acids is 1. The number of aliphatic hydroxyl groups excluding tert-OH is 1. The molecule has 10 heteroatoms. The Balaban J connectivity index is 1.41. The third-order valence-electron chi connectivity index (χ3n) is 6.89. The van der Waals surface area contributed by atoms with Crippen molar-refractivity contribution >= 4 is 27.8 Å². The quantitative estimate of drug-likeness (QED) is 0.532. The molecule has 2 fully saturated rings. The van der Waals surface area contributed by atoms with Crippen LogP contribution in [0.2, 0.25) is 0 Å². The maximum Gasteiger partial charge on any atom is 0.341 e. The molecule has 2 aromatic rings. The maximum absolute atomic E-state index is 14.0. The van der Waals surface area contributed by atoms with Crippen molar-refractivity contribution in [2.24, 2.45) is 5.92 Å². The van der Waals surface area contributed by atoms with Crippen LogP contribution in [0, 0.1) is 11.7 Å². The van der Waals surface area contributed by atoms with Crippen molar-refractivity contribution < 1.29 is 32.6 Å². The van der Waals surface area contributed by atoms with Crippen LogP contribution in [0.3, 0.4) is 0 Å². The number of benzene rings is 2. The van der Waals surface area contributed by atoms with E-state index in [1.54, 1.807) is 18.2 Å². The number of aromatic carboxylic acids is 1. The largest absolute Gasteiger partial charge is 0.492 e. The van der Waals surface area contributed by atoms with Gasteiger partial charge in [-0.3, -0.25) is 9.62 Å². The Hall–Kier alpha value is -2.95. The Morgan fingerprint density at radius 3 is 2.74 bits per heavy atom. The molecule has 2 aromatic carbocycles. The summed E-state index contributed by atoms with van der Waals surface area (Å²) in [5.41, 5.74) is 0.628. The second-order valence-corrected chi connectivity index (χ2v) is 11.0. The standard InChI is InChI=1S/C25H27FN2O6S/c26-17-3-6-22(15(12-17)2-1-9-28-10-7-18(29)8-11-28)35(32,33)27-21-5-4-19-20-13-16(20)14-34-24(19)23(21)25(30)31/h1-6,12,16,18,20,27,29H,7-11,13-14H2,(H,30,31)/t16-,20-/m0/s1. The van der Waals surface area contributed by atoms with Crippen LogP contribution in [0.4, 0.5) is 10.1 Å². The van der Waals surface area contributed by atoms with Crippen molar-refractivity contribution in [2.75, 3.05) is 31.0 Å². The molecule has 3 N–H and O–H groups in total. The van der Waals surface area contributed by atoms with Gasteiger partial charge in [0, 0.05) is 25.6 Å². The number of fused-ring (bicyclic) bond motifs is 3. The molecular formula is C25H27FN2O6S. The minimum Gasteiger partial charge on any atom is -0.492 e. The summed E-state index contributed by atoms with van der Waals surface area (Å²) in [5, 5.41) is 19.5. The van der Waals surface area contributed by atoms with Crippen LogP contribution in [0.1, 0.15) is 46.7 Å². The molecule has 3 aliphatic rings. The van der Waals surface area contributed by atoms with E-state index in [9.17, 15) is 27.8 Å². The van der Waals surface area contributed by atoms with E-state index in [0.29, 0.717) is 31.9 Å². The van der Waals surface area contributed by atoms with Crippen LogP contribution in [0.5, 0.6) is 5.75 Å². The summed E-state index contributed by atoms with van der Waals surface area (Å²) in [7, 11) is -4.24. The first-order valence-electron chi connectivity index (χ1n) is 11.7. The smallest absolute Gasteiger partial charge is 0.341 e. The lowest BCUT2D eigenvalue weighted by Gasteiger charge is -2.28. The van der Waals surface area contributed by atoms with E-state index in [0.717, 1.165) is 37.2 Å². The van der Waals surface area contributed by atoms with Gasteiger partial charge in [0.05, 0.1) is 23.3 Å². The van der Waals surface area contributed by atoms with E-state index in [1.165, 1.54) is 12.1 Å². The van der Waals surface area contributed by atoms with Gasteiger partial charge in [0.25, 0.3) is 10.0 Å².